The van der Waals surface area contributed by atoms with Crippen LogP contribution in [0.2, 0.25) is 0 Å². The monoisotopic (exact) mass is 471 g/mol. The Balaban J connectivity index is 1.57. The van der Waals surface area contributed by atoms with E-state index in [-0.39, 0.29) is 24.6 Å². The molecule has 2 aromatic carbocycles. The summed E-state index contributed by atoms with van der Waals surface area (Å²) >= 11 is 3.35. The number of benzene rings is 2. The average Bonchev–Trinajstić information content (AvgIpc) is 3.01. The lowest BCUT2D eigenvalue weighted by molar-refractivity contribution is -0.141. The lowest BCUT2D eigenvalue weighted by atomic mass is 10.1. The lowest BCUT2D eigenvalue weighted by Gasteiger charge is -2.10. The molecular weight excluding hydrogens is 449 g/mol. The molecule has 6 heteroatoms. The molecule has 30 heavy (non-hydrogen) atoms. The van der Waals surface area contributed by atoms with Gasteiger partial charge in [-0.3, -0.25) is 9.59 Å². The molecule has 0 amide bonds. The standard InChI is InChI=1S/C24H23BrFNO3/c1-16-13-22(17(2)27(16)12-11-18-5-9-21(26)10-6-18)23(28)15-30-24(29)14-19-3-7-20(25)8-4-19/h3-10,13H,11-12,14-15H2,1-2H3. The zero-order valence-electron chi connectivity index (χ0n) is 17.0. The molecule has 3 aromatic rings. The molecule has 156 valence electrons. The summed E-state index contributed by atoms with van der Waals surface area (Å²) in [4.78, 5) is 24.7. The van der Waals surface area contributed by atoms with Crippen LogP contribution in [0.3, 0.4) is 0 Å². The van der Waals surface area contributed by atoms with E-state index in [2.05, 4.69) is 20.5 Å². The minimum atomic E-state index is -0.434. The number of esters is 1. The largest absolute Gasteiger partial charge is 0.457 e. The van der Waals surface area contributed by atoms with Crippen molar-refractivity contribution in [3.8, 4) is 0 Å². The normalized spacial score (nSPS) is 10.8. The Morgan fingerprint density at radius 1 is 1.00 bits per heavy atom. The smallest absolute Gasteiger partial charge is 0.310 e. The maximum atomic E-state index is 13.1. The van der Waals surface area contributed by atoms with Crippen molar-refractivity contribution in [1.29, 1.82) is 0 Å². The van der Waals surface area contributed by atoms with Gasteiger partial charge in [0.05, 0.1) is 6.42 Å². The fraction of sp³-hybridized carbons (Fsp3) is 0.250. The molecule has 0 N–H and O–H groups in total. The summed E-state index contributed by atoms with van der Waals surface area (Å²) in [6.07, 6.45) is 0.851. The van der Waals surface area contributed by atoms with Crippen LogP contribution in [0, 0.1) is 19.7 Å². The van der Waals surface area contributed by atoms with Crippen molar-refractivity contribution in [3.63, 3.8) is 0 Å². The third kappa shape index (κ3) is 5.66. The predicted octanol–water partition coefficient (Wildman–Crippen LogP) is 5.22. The Morgan fingerprint density at radius 2 is 1.63 bits per heavy atom. The van der Waals surface area contributed by atoms with Crippen LogP contribution in [-0.4, -0.2) is 22.9 Å². The number of nitrogens with zero attached hydrogens (tertiary/aromatic N) is 1. The van der Waals surface area contributed by atoms with Crippen LogP contribution in [0.15, 0.2) is 59.1 Å². The van der Waals surface area contributed by atoms with Gasteiger partial charge in [0.15, 0.2) is 6.61 Å². The summed E-state index contributed by atoms with van der Waals surface area (Å²) in [5.74, 6) is -0.911. The van der Waals surface area contributed by atoms with Gasteiger partial charge in [-0.2, -0.15) is 0 Å². The second-order valence-corrected chi connectivity index (χ2v) is 8.12. The highest BCUT2D eigenvalue weighted by Gasteiger charge is 2.17. The Labute approximate surface area is 183 Å². The van der Waals surface area contributed by atoms with Gasteiger partial charge in [-0.05, 0) is 61.7 Å². The molecule has 1 aromatic heterocycles. The van der Waals surface area contributed by atoms with E-state index in [0.29, 0.717) is 12.1 Å². The van der Waals surface area contributed by atoms with E-state index in [4.69, 9.17) is 4.74 Å². The molecule has 0 aliphatic heterocycles. The number of Topliss-reactive ketones (excluding diaryl/α,β-unsaturated/α-hetero) is 1. The second kappa shape index (κ2) is 9.85. The summed E-state index contributed by atoms with van der Waals surface area (Å²) in [5.41, 5.74) is 4.21. The first-order chi connectivity index (χ1) is 14.3. The zero-order chi connectivity index (χ0) is 21.7. The number of hydrogen-bond donors (Lipinski definition) is 0. The van der Waals surface area contributed by atoms with Crippen molar-refractivity contribution in [2.45, 2.75) is 33.2 Å². The quantitative estimate of drug-likeness (QED) is 0.334. The topological polar surface area (TPSA) is 48.3 Å². The van der Waals surface area contributed by atoms with Crippen molar-refractivity contribution >= 4 is 27.7 Å². The maximum Gasteiger partial charge on any atom is 0.310 e. The highest BCUT2D eigenvalue weighted by molar-refractivity contribution is 9.10. The third-order valence-electron chi connectivity index (χ3n) is 5.04. The average molecular weight is 472 g/mol. The molecule has 1 heterocycles. The minimum absolute atomic E-state index is 0.122. The van der Waals surface area contributed by atoms with Crippen molar-refractivity contribution < 1.29 is 18.7 Å². The molecule has 3 rings (SSSR count). The van der Waals surface area contributed by atoms with Crippen LogP contribution in [0.1, 0.15) is 32.9 Å². The van der Waals surface area contributed by atoms with Gasteiger partial charge in [0.1, 0.15) is 5.82 Å². The second-order valence-electron chi connectivity index (χ2n) is 7.20. The Morgan fingerprint density at radius 3 is 2.30 bits per heavy atom. The first-order valence-electron chi connectivity index (χ1n) is 9.68. The Hall–Kier alpha value is -2.73. The number of halogens is 2. The highest BCUT2D eigenvalue weighted by atomic mass is 79.9. The van der Waals surface area contributed by atoms with Gasteiger partial charge in [-0.1, -0.05) is 40.2 Å². The summed E-state index contributed by atoms with van der Waals surface area (Å²) < 4.78 is 21.2. The molecule has 0 saturated carbocycles. The van der Waals surface area contributed by atoms with Crippen LogP contribution in [0.25, 0.3) is 0 Å². The summed E-state index contributed by atoms with van der Waals surface area (Å²) in [7, 11) is 0. The fourth-order valence-corrected chi connectivity index (χ4v) is 3.63. The molecule has 0 bridgehead atoms. The number of rotatable bonds is 8. The molecule has 0 atom stereocenters. The number of carbonyl (C=O) groups is 2. The van der Waals surface area contributed by atoms with Crippen LogP contribution in [0.5, 0.6) is 0 Å². The molecule has 0 aliphatic carbocycles. The first kappa shape index (κ1) is 22.0. The number of hydrogen-bond acceptors (Lipinski definition) is 3. The van der Waals surface area contributed by atoms with Gasteiger partial charge in [-0.25, -0.2) is 4.39 Å². The predicted molar refractivity (Wildman–Crippen MR) is 117 cm³/mol. The summed E-state index contributed by atoms with van der Waals surface area (Å²) in [5, 5.41) is 0. The van der Waals surface area contributed by atoms with Crippen molar-refractivity contribution in [2.75, 3.05) is 6.61 Å². The molecule has 0 fully saturated rings. The van der Waals surface area contributed by atoms with Gasteiger partial charge in [0.2, 0.25) is 5.78 Å². The SMILES string of the molecule is Cc1cc(C(=O)COC(=O)Cc2ccc(Br)cc2)c(C)n1CCc1ccc(F)cc1. The maximum absolute atomic E-state index is 13.1. The van der Waals surface area contributed by atoms with Crippen LogP contribution >= 0.6 is 15.9 Å². The summed E-state index contributed by atoms with van der Waals surface area (Å²) in [6.45, 7) is 4.22. The van der Waals surface area contributed by atoms with E-state index < -0.39 is 5.97 Å². The van der Waals surface area contributed by atoms with Gasteiger partial charge >= 0.3 is 5.97 Å². The molecule has 0 aliphatic rings. The van der Waals surface area contributed by atoms with Crippen molar-refractivity contribution in [3.05, 3.63) is 93.0 Å². The number of ketones is 1. The van der Waals surface area contributed by atoms with Crippen LogP contribution in [0.4, 0.5) is 4.39 Å². The molecular formula is C24H23BrFNO3. The number of aromatic nitrogens is 1. The molecule has 4 nitrogen and oxygen atoms in total. The van der Waals surface area contributed by atoms with E-state index in [1.165, 1.54) is 12.1 Å². The van der Waals surface area contributed by atoms with E-state index in [9.17, 15) is 14.0 Å². The fourth-order valence-electron chi connectivity index (χ4n) is 3.36. The number of ether oxygens (including phenoxy) is 1. The third-order valence-corrected chi connectivity index (χ3v) is 5.57. The van der Waals surface area contributed by atoms with Crippen molar-refractivity contribution in [2.24, 2.45) is 0 Å². The van der Waals surface area contributed by atoms with E-state index in [0.717, 1.165) is 33.4 Å². The van der Waals surface area contributed by atoms with Crippen LogP contribution < -0.4 is 0 Å². The lowest BCUT2D eigenvalue weighted by Crippen LogP contribution is -2.16. The van der Waals surface area contributed by atoms with Crippen molar-refractivity contribution in [1.82, 2.24) is 4.57 Å². The Bertz CT molecular complexity index is 1040. The van der Waals surface area contributed by atoms with Gasteiger partial charge < -0.3 is 9.30 Å². The summed E-state index contributed by atoms with van der Waals surface area (Å²) in [6, 6.07) is 15.6. The Kier molecular flexibility index (Phi) is 7.21. The number of carbonyl (C=O) groups excluding carboxylic acids is 2. The molecule has 0 saturated heterocycles. The van der Waals surface area contributed by atoms with E-state index in [1.54, 1.807) is 12.1 Å². The van der Waals surface area contributed by atoms with Gasteiger partial charge in [0, 0.05) is 28.0 Å². The molecule has 0 radical (unpaired) electrons. The molecule has 0 spiro atoms. The minimum Gasteiger partial charge on any atom is -0.457 e. The highest BCUT2D eigenvalue weighted by Crippen LogP contribution is 2.18. The first-order valence-corrected chi connectivity index (χ1v) is 10.5. The van der Waals surface area contributed by atoms with Crippen LogP contribution in [-0.2, 0) is 28.9 Å². The molecule has 0 unspecified atom stereocenters. The van der Waals surface area contributed by atoms with Gasteiger partial charge in [0.25, 0.3) is 0 Å². The van der Waals surface area contributed by atoms with E-state index in [1.807, 2.05) is 44.2 Å². The number of aryl methyl sites for hydroxylation is 2. The zero-order valence-corrected chi connectivity index (χ0v) is 18.5. The van der Waals surface area contributed by atoms with Gasteiger partial charge in [-0.15, -0.1) is 0 Å². The van der Waals surface area contributed by atoms with E-state index >= 15 is 0 Å².